The molecule has 0 aliphatic heterocycles. The third-order valence-electron chi connectivity index (χ3n) is 3.60. The number of ether oxygens (including phenoxy) is 1. The molecule has 6 nitrogen and oxygen atoms in total. The van der Waals surface area contributed by atoms with Crippen LogP contribution in [-0.4, -0.2) is 36.2 Å². The van der Waals surface area contributed by atoms with Crippen molar-refractivity contribution in [1.82, 2.24) is 5.32 Å². The van der Waals surface area contributed by atoms with Gasteiger partial charge in [-0.1, -0.05) is 30.4 Å². The summed E-state index contributed by atoms with van der Waals surface area (Å²) in [5, 5.41) is 12.1. The van der Waals surface area contributed by atoms with Crippen LogP contribution in [0.2, 0.25) is 0 Å². The minimum absolute atomic E-state index is 0.378. The molecule has 2 rings (SSSR count). The highest BCUT2D eigenvalue weighted by molar-refractivity contribution is 5.97. The number of amides is 1. The number of rotatable bonds is 7. The number of hydrogen-bond donors (Lipinski definition) is 2. The van der Waals surface area contributed by atoms with Crippen LogP contribution in [0.5, 0.6) is 0 Å². The number of carbonyl (C=O) groups excluding carboxylic acids is 2. The summed E-state index contributed by atoms with van der Waals surface area (Å²) in [4.78, 5) is 23.8. The maximum Gasteiger partial charge on any atom is 0.331 e. The topological polar surface area (TPSA) is 88.8 Å². The smallest absolute Gasteiger partial charge is 0.331 e. The number of benzene rings is 1. The van der Waals surface area contributed by atoms with Crippen molar-refractivity contribution in [2.75, 3.05) is 7.11 Å². The molecule has 0 radical (unpaired) electrons. The molecule has 0 aliphatic carbocycles. The van der Waals surface area contributed by atoms with Crippen LogP contribution in [0.15, 0.2) is 59.2 Å². The highest BCUT2D eigenvalue weighted by Crippen LogP contribution is 2.08. The van der Waals surface area contributed by atoms with E-state index in [0.29, 0.717) is 5.56 Å². The van der Waals surface area contributed by atoms with E-state index in [1.807, 2.05) is 36.4 Å². The van der Waals surface area contributed by atoms with Crippen molar-refractivity contribution in [3.8, 4) is 0 Å². The summed E-state index contributed by atoms with van der Waals surface area (Å²) in [7, 11) is 1.20. The zero-order chi connectivity index (χ0) is 18.9. The second kappa shape index (κ2) is 9.39. The Morgan fingerprint density at radius 1 is 1.15 bits per heavy atom. The first kappa shape index (κ1) is 19.2. The van der Waals surface area contributed by atoms with E-state index in [9.17, 15) is 14.7 Å². The number of carbonyl (C=O) groups is 2. The molecule has 0 saturated heterocycles. The molecule has 6 heteroatoms. The van der Waals surface area contributed by atoms with Gasteiger partial charge in [-0.05, 0) is 42.8 Å². The fourth-order valence-electron chi connectivity index (χ4n) is 2.18. The first-order valence-corrected chi connectivity index (χ1v) is 8.06. The highest BCUT2D eigenvalue weighted by Gasteiger charge is 2.26. The van der Waals surface area contributed by atoms with E-state index in [0.717, 1.165) is 11.3 Å². The Labute approximate surface area is 151 Å². The van der Waals surface area contributed by atoms with Crippen LogP contribution in [0.4, 0.5) is 0 Å². The Morgan fingerprint density at radius 2 is 1.85 bits per heavy atom. The summed E-state index contributed by atoms with van der Waals surface area (Å²) in [5.41, 5.74) is 1.29. The summed E-state index contributed by atoms with van der Waals surface area (Å²) in [6, 6.07) is 9.40. The van der Waals surface area contributed by atoms with Crippen molar-refractivity contribution in [1.29, 1.82) is 0 Å². The minimum Gasteiger partial charge on any atom is -0.467 e. The van der Waals surface area contributed by atoms with E-state index < -0.39 is 24.0 Å². The van der Waals surface area contributed by atoms with Gasteiger partial charge in [0.25, 0.3) is 5.91 Å². The Morgan fingerprint density at radius 3 is 2.42 bits per heavy atom. The molecule has 0 bridgehead atoms. The summed E-state index contributed by atoms with van der Waals surface area (Å²) in [6.07, 6.45) is 7.97. The lowest BCUT2D eigenvalue weighted by molar-refractivity contribution is -0.145. The number of aliphatic hydroxyl groups excluding tert-OH is 1. The standard InChI is InChI=1S/C20H21NO5/c1-14(22)18(20(24)25-2)21-19(23)16-11-9-15(10-12-16)6-3-4-7-17-8-5-13-26-17/h3-14,18,22H,1-2H3,(H,21,23)/b6-3+,7-4+/t14-,18+/m1/s1. The molecule has 136 valence electrons. The zero-order valence-electron chi connectivity index (χ0n) is 14.6. The van der Waals surface area contributed by atoms with E-state index in [1.165, 1.54) is 14.0 Å². The molecule has 2 N–H and O–H groups in total. The Bertz CT molecular complexity index is 773. The summed E-state index contributed by atoms with van der Waals surface area (Å²) >= 11 is 0. The molecule has 1 heterocycles. The van der Waals surface area contributed by atoms with E-state index in [2.05, 4.69) is 10.1 Å². The lowest BCUT2D eigenvalue weighted by Gasteiger charge is -2.18. The lowest BCUT2D eigenvalue weighted by Crippen LogP contribution is -2.48. The molecule has 1 amide bonds. The van der Waals surface area contributed by atoms with Gasteiger partial charge in [-0.25, -0.2) is 4.79 Å². The molecule has 0 unspecified atom stereocenters. The average Bonchev–Trinajstić information content (AvgIpc) is 3.16. The molecule has 26 heavy (non-hydrogen) atoms. The van der Waals surface area contributed by atoms with Gasteiger partial charge < -0.3 is 19.6 Å². The van der Waals surface area contributed by atoms with Gasteiger partial charge >= 0.3 is 5.97 Å². The van der Waals surface area contributed by atoms with E-state index in [1.54, 1.807) is 30.5 Å². The molecule has 1 aromatic heterocycles. The van der Waals surface area contributed by atoms with E-state index >= 15 is 0 Å². The minimum atomic E-state index is -1.11. The summed E-state index contributed by atoms with van der Waals surface area (Å²) in [5.74, 6) is -0.397. The maximum atomic E-state index is 12.2. The molecule has 1 aromatic carbocycles. The van der Waals surface area contributed by atoms with Gasteiger partial charge in [-0.2, -0.15) is 0 Å². The van der Waals surface area contributed by atoms with Crippen LogP contribution < -0.4 is 5.32 Å². The van der Waals surface area contributed by atoms with Crippen LogP contribution in [-0.2, 0) is 9.53 Å². The third-order valence-corrected chi connectivity index (χ3v) is 3.60. The average molecular weight is 355 g/mol. The van der Waals surface area contributed by atoms with Gasteiger partial charge in [0, 0.05) is 5.56 Å². The first-order valence-electron chi connectivity index (χ1n) is 8.06. The van der Waals surface area contributed by atoms with Crippen LogP contribution in [0.25, 0.3) is 12.2 Å². The van der Waals surface area contributed by atoms with Gasteiger partial charge in [-0.3, -0.25) is 4.79 Å². The van der Waals surface area contributed by atoms with E-state index in [4.69, 9.17) is 4.42 Å². The van der Waals surface area contributed by atoms with Crippen LogP contribution >= 0.6 is 0 Å². The molecule has 2 aromatic rings. The maximum absolute atomic E-state index is 12.2. The molecule has 2 atom stereocenters. The van der Waals surface area contributed by atoms with Gasteiger partial charge in [0.15, 0.2) is 6.04 Å². The van der Waals surface area contributed by atoms with E-state index in [-0.39, 0.29) is 0 Å². The number of methoxy groups -OCH3 is 1. The predicted octanol–water partition coefficient (Wildman–Crippen LogP) is 2.66. The van der Waals surface area contributed by atoms with Crippen molar-refractivity contribution >= 4 is 24.0 Å². The van der Waals surface area contributed by atoms with Gasteiger partial charge in [-0.15, -0.1) is 0 Å². The SMILES string of the molecule is COC(=O)[C@@H](NC(=O)c1ccc(/C=C/C=C/c2ccco2)cc1)[C@@H](C)O. The Balaban J connectivity index is 1.97. The van der Waals surface area contributed by atoms with Crippen molar-refractivity contribution in [2.45, 2.75) is 19.1 Å². The molecular formula is C20H21NO5. The largest absolute Gasteiger partial charge is 0.467 e. The van der Waals surface area contributed by atoms with Gasteiger partial charge in [0.2, 0.25) is 0 Å². The third kappa shape index (κ3) is 5.46. The first-order chi connectivity index (χ1) is 12.5. The fourth-order valence-corrected chi connectivity index (χ4v) is 2.18. The van der Waals surface area contributed by atoms with Crippen molar-refractivity contribution in [2.24, 2.45) is 0 Å². The van der Waals surface area contributed by atoms with Crippen LogP contribution in [0, 0.1) is 0 Å². The Kier molecular flexibility index (Phi) is 6.93. The number of hydrogen-bond acceptors (Lipinski definition) is 5. The summed E-state index contributed by atoms with van der Waals surface area (Å²) < 4.78 is 9.76. The highest BCUT2D eigenvalue weighted by atomic mass is 16.5. The summed E-state index contributed by atoms with van der Waals surface area (Å²) in [6.45, 7) is 1.41. The van der Waals surface area contributed by atoms with Crippen molar-refractivity contribution in [3.05, 3.63) is 71.7 Å². The normalized spacial score (nSPS) is 13.7. The monoisotopic (exact) mass is 355 g/mol. The molecular weight excluding hydrogens is 334 g/mol. The fraction of sp³-hybridized carbons (Fsp3) is 0.200. The van der Waals surface area contributed by atoms with Crippen molar-refractivity contribution < 1.29 is 23.8 Å². The predicted molar refractivity (Wildman–Crippen MR) is 98.2 cm³/mol. The molecule has 0 spiro atoms. The number of furan rings is 1. The van der Waals surface area contributed by atoms with Crippen molar-refractivity contribution in [3.63, 3.8) is 0 Å². The van der Waals surface area contributed by atoms with Gasteiger partial charge in [0.05, 0.1) is 19.5 Å². The second-order valence-corrected chi connectivity index (χ2v) is 5.57. The number of nitrogens with one attached hydrogen (secondary N) is 1. The zero-order valence-corrected chi connectivity index (χ0v) is 14.6. The molecule has 0 fully saturated rings. The lowest BCUT2D eigenvalue weighted by atomic mass is 10.1. The quantitative estimate of drug-likeness (QED) is 0.589. The number of esters is 1. The van der Waals surface area contributed by atoms with Crippen LogP contribution in [0.1, 0.15) is 28.6 Å². The van der Waals surface area contributed by atoms with Gasteiger partial charge in [0.1, 0.15) is 5.76 Å². The Hall–Kier alpha value is -3.12. The van der Waals surface area contributed by atoms with Crippen LogP contribution in [0.3, 0.4) is 0 Å². The number of aliphatic hydroxyl groups is 1. The molecule has 0 aliphatic rings. The number of allylic oxidation sites excluding steroid dienone is 2. The molecule has 0 saturated carbocycles. The second-order valence-electron chi connectivity index (χ2n) is 5.57.